The van der Waals surface area contributed by atoms with E-state index in [1.165, 1.54) is 0 Å². The number of amides is 1. The van der Waals surface area contributed by atoms with Crippen LogP contribution in [0, 0.1) is 0 Å². The first-order valence-corrected chi connectivity index (χ1v) is 9.60. The lowest BCUT2D eigenvalue weighted by Crippen LogP contribution is -2.50. The molecule has 1 N–H and O–H groups in total. The first-order chi connectivity index (χ1) is 12.3. The molecule has 2 aromatic rings. The Morgan fingerprint density at radius 1 is 1.40 bits per heavy atom. The second kappa shape index (κ2) is 7.63. The monoisotopic (exact) mass is 363 g/mol. The van der Waals surface area contributed by atoms with Gasteiger partial charge in [0.2, 0.25) is 0 Å². The van der Waals surface area contributed by atoms with Gasteiger partial charge in [0.15, 0.2) is 5.69 Å². The van der Waals surface area contributed by atoms with Crippen LogP contribution in [0.1, 0.15) is 46.8 Å². The fraction of sp³-hybridized carbons (Fsp3) is 0.588. The van der Waals surface area contributed by atoms with Gasteiger partial charge in [0, 0.05) is 24.0 Å². The minimum absolute atomic E-state index is 0.0953. The lowest BCUT2D eigenvalue weighted by molar-refractivity contribution is -0.0612. The van der Waals surface area contributed by atoms with Crippen LogP contribution in [0.4, 0.5) is 0 Å². The van der Waals surface area contributed by atoms with Crippen molar-refractivity contribution in [2.45, 2.75) is 50.9 Å². The number of nitrogens with zero attached hydrogens (tertiary/aromatic N) is 2. The Kier molecular flexibility index (Phi) is 5.09. The van der Waals surface area contributed by atoms with Gasteiger partial charge in [-0.2, -0.15) is 0 Å². The summed E-state index contributed by atoms with van der Waals surface area (Å²) in [5.74, 6) is 0.650. The minimum atomic E-state index is -0.204. The Labute approximate surface area is 149 Å². The van der Waals surface area contributed by atoms with E-state index in [1.54, 1.807) is 16.8 Å². The molecule has 0 saturated carbocycles. The van der Waals surface area contributed by atoms with Crippen molar-refractivity contribution in [2.24, 2.45) is 0 Å². The van der Waals surface area contributed by atoms with Gasteiger partial charge in [-0.3, -0.25) is 4.79 Å². The van der Waals surface area contributed by atoms with E-state index in [4.69, 9.17) is 14.0 Å². The number of rotatable bonds is 5. The molecule has 1 fully saturated rings. The summed E-state index contributed by atoms with van der Waals surface area (Å²) >= 11 is 1.54. The number of carbonyl (C=O) groups is 1. The van der Waals surface area contributed by atoms with E-state index >= 15 is 0 Å². The van der Waals surface area contributed by atoms with Gasteiger partial charge in [0.1, 0.15) is 5.76 Å². The molecule has 0 radical (unpaired) electrons. The standard InChI is InChI=1S/C17H21N3O4S/c21-17(16-12-3-1-2-4-14(12)24-20-16)19-13-8-22-6-5-15(13)23-7-11-9-25-10-18-11/h9-10,13,15H,1-8H2,(H,19,21)/t13-,15+/m1/s1. The van der Waals surface area contributed by atoms with E-state index in [9.17, 15) is 4.79 Å². The maximum absolute atomic E-state index is 12.7. The SMILES string of the molecule is O=C(N[C@@H]1COCC[C@@H]1OCc1cscn1)c1noc2c1CCCC2. The molecule has 1 amide bonds. The van der Waals surface area contributed by atoms with Gasteiger partial charge in [-0.05, 0) is 25.7 Å². The summed E-state index contributed by atoms with van der Waals surface area (Å²) in [6.07, 6.45) is 4.52. The van der Waals surface area contributed by atoms with Crippen molar-refractivity contribution < 1.29 is 18.8 Å². The Hall–Kier alpha value is -1.77. The normalized spacial score (nSPS) is 23.2. The average Bonchev–Trinajstić information content (AvgIpc) is 3.30. The van der Waals surface area contributed by atoms with Crippen LogP contribution < -0.4 is 5.32 Å². The summed E-state index contributed by atoms with van der Waals surface area (Å²) in [4.78, 5) is 16.9. The number of carbonyl (C=O) groups excluding carboxylic acids is 1. The highest BCUT2D eigenvalue weighted by Gasteiger charge is 2.31. The molecule has 4 rings (SSSR count). The van der Waals surface area contributed by atoms with Gasteiger partial charge in [-0.25, -0.2) is 4.98 Å². The third kappa shape index (κ3) is 3.75. The molecule has 0 spiro atoms. The molecule has 2 aromatic heterocycles. The number of ether oxygens (including phenoxy) is 2. The molecule has 1 aliphatic carbocycles. The summed E-state index contributed by atoms with van der Waals surface area (Å²) in [7, 11) is 0. The molecule has 134 valence electrons. The lowest BCUT2D eigenvalue weighted by Gasteiger charge is -2.31. The number of aryl methyl sites for hydroxylation is 1. The maximum atomic E-state index is 12.7. The fourth-order valence-corrected chi connectivity index (χ4v) is 3.90. The molecule has 2 aliphatic rings. The van der Waals surface area contributed by atoms with E-state index < -0.39 is 0 Å². The van der Waals surface area contributed by atoms with Gasteiger partial charge in [-0.1, -0.05) is 5.16 Å². The number of fused-ring (bicyclic) bond motifs is 1. The zero-order chi connectivity index (χ0) is 17.1. The highest BCUT2D eigenvalue weighted by molar-refractivity contribution is 7.07. The van der Waals surface area contributed by atoms with E-state index in [0.717, 1.165) is 49.1 Å². The van der Waals surface area contributed by atoms with Gasteiger partial charge < -0.3 is 19.3 Å². The molecular weight excluding hydrogens is 342 g/mol. The molecule has 0 unspecified atom stereocenters. The second-order valence-electron chi connectivity index (χ2n) is 6.41. The Morgan fingerprint density at radius 3 is 3.20 bits per heavy atom. The van der Waals surface area contributed by atoms with Crippen molar-refractivity contribution in [1.82, 2.24) is 15.5 Å². The minimum Gasteiger partial charge on any atom is -0.379 e. The van der Waals surface area contributed by atoms with Crippen molar-refractivity contribution in [1.29, 1.82) is 0 Å². The van der Waals surface area contributed by atoms with Crippen molar-refractivity contribution in [2.75, 3.05) is 13.2 Å². The molecule has 0 bridgehead atoms. The largest absolute Gasteiger partial charge is 0.379 e. The fourth-order valence-electron chi connectivity index (χ4n) is 3.35. The number of hydrogen-bond donors (Lipinski definition) is 1. The molecule has 7 nitrogen and oxygen atoms in total. The van der Waals surface area contributed by atoms with Crippen LogP contribution in [0.25, 0.3) is 0 Å². The lowest BCUT2D eigenvalue weighted by atomic mass is 9.96. The summed E-state index contributed by atoms with van der Waals surface area (Å²) in [5, 5.41) is 8.99. The van der Waals surface area contributed by atoms with Crippen LogP contribution in [0.3, 0.4) is 0 Å². The van der Waals surface area contributed by atoms with Crippen molar-refractivity contribution in [3.05, 3.63) is 33.6 Å². The Bertz CT molecular complexity index is 716. The molecule has 0 aromatic carbocycles. The second-order valence-corrected chi connectivity index (χ2v) is 7.13. The van der Waals surface area contributed by atoms with E-state index in [2.05, 4.69) is 15.5 Å². The van der Waals surface area contributed by atoms with E-state index in [1.807, 2.05) is 5.38 Å². The third-order valence-electron chi connectivity index (χ3n) is 4.70. The number of thiazole rings is 1. The van der Waals surface area contributed by atoms with Gasteiger partial charge in [0.05, 0.1) is 36.6 Å². The molecule has 3 heterocycles. The summed E-state index contributed by atoms with van der Waals surface area (Å²) < 4.78 is 16.8. The average molecular weight is 363 g/mol. The molecule has 2 atom stereocenters. The summed E-state index contributed by atoms with van der Waals surface area (Å²) in [5.41, 5.74) is 4.07. The first-order valence-electron chi connectivity index (χ1n) is 8.66. The summed E-state index contributed by atoms with van der Waals surface area (Å²) in [6, 6.07) is -0.198. The molecule has 8 heteroatoms. The predicted octanol–water partition coefficient (Wildman–Crippen LogP) is 2.11. The highest BCUT2D eigenvalue weighted by atomic mass is 32.1. The number of nitrogens with one attached hydrogen (secondary N) is 1. The molecular formula is C17H21N3O4S. The van der Waals surface area contributed by atoms with Crippen LogP contribution in [0.2, 0.25) is 0 Å². The zero-order valence-electron chi connectivity index (χ0n) is 13.9. The van der Waals surface area contributed by atoms with Gasteiger partial charge in [0.25, 0.3) is 5.91 Å². The highest BCUT2D eigenvalue weighted by Crippen LogP contribution is 2.24. The van der Waals surface area contributed by atoms with Gasteiger partial charge in [-0.15, -0.1) is 11.3 Å². The number of hydrogen-bond acceptors (Lipinski definition) is 7. The van der Waals surface area contributed by atoms with Crippen LogP contribution in [0.5, 0.6) is 0 Å². The molecule has 1 saturated heterocycles. The zero-order valence-corrected chi connectivity index (χ0v) is 14.7. The first kappa shape index (κ1) is 16.7. The third-order valence-corrected chi connectivity index (χ3v) is 5.34. The maximum Gasteiger partial charge on any atom is 0.274 e. The van der Waals surface area contributed by atoms with Crippen LogP contribution in [-0.4, -0.2) is 41.4 Å². The van der Waals surface area contributed by atoms with E-state index in [0.29, 0.717) is 25.5 Å². The predicted molar refractivity (Wildman–Crippen MR) is 90.5 cm³/mol. The topological polar surface area (TPSA) is 86.5 Å². The molecule has 1 aliphatic heterocycles. The van der Waals surface area contributed by atoms with Crippen molar-refractivity contribution in [3.8, 4) is 0 Å². The quantitative estimate of drug-likeness (QED) is 0.876. The van der Waals surface area contributed by atoms with Crippen LogP contribution in [-0.2, 0) is 28.9 Å². The van der Waals surface area contributed by atoms with Crippen LogP contribution in [0.15, 0.2) is 15.4 Å². The van der Waals surface area contributed by atoms with E-state index in [-0.39, 0.29) is 18.1 Å². The van der Waals surface area contributed by atoms with Crippen LogP contribution >= 0.6 is 11.3 Å². The van der Waals surface area contributed by atoms with Crippen molar-refractivity contribution in [3.63, 3.8) is 0 Å². The van der Waals surface area contributed by atoms with Crippen molar-refractivity contribution >= 4 is 17.2 Å². The number of aromatic nitrogens is 2. The Balaban J connectivity index is 1.40. The van der Waals surface area contributed by atoms with Gasteiger partial charge >= 0.3 is 0 Å². The molecule has 25 heavy (non-hydrogen) atoms. The summed E-state index contributed by atoms with van der Waals surface area (Å²) in [6.45, 7) is 1.51. The Morgan fingerprint density at radius 2 is 2.32 bits per heavy atom. The smallest absolute Gasteiger partial charge is 0.274 e.